The van der Waals surface area contributed by atoms with E-state index in [2.05, 4.69) is 0 Å². The molecule has 4 nitrogen and oxygen atoms in total. The number of hydrogen-bond acceptors (Lipinski definition) is 2. The van der Waals surface area contributed by atoms with Crippen LogP contribution in [-0.2, 0) is 14.1 Å². The molecule has 2 aromatic carbocycles. The molecular weight excluding hydrogens is 367 g/mol. The third-order valence-corrected chi connectivity index (χ3v) is 5.21. The van der Waals surface area contributed by atoms with Gasteiger partial charge in [-0.15, -0.1) is 0 Å². The number of ketones is 1. The highest BCUT2D eigenvalue weighted by atomic mass is 35.5. The van der Waals surface area contributed by atoms with Crippen LogP contribution in [-0.4, -0.2) is 14.9 Å². The van der Waals surface area contributed by atoms with Gasteiger partial charge in [0.15, 0.2) is 5.78 Å². The van der Waals surface area contributed by atoms with Crippen molar-refractivity contribution in [2.24, 2.45) is 14.1 Å². The second kappa shape index (κ2) is 6.06. The van der Waals surface area contributed by atoms with Gasteiger partial charge in [0.25, 0.3) is 5.56 Å². The Labute approximate surface area is 159 Å². The number of fused-ring (bicyclic) bond motifs is 3. The third-order valence-electron chi connectivity index (χ3n) is 4.97. The SMILES string of the molecule is CC(=O)c1cccc2c1c1cc(-c3ccc(Cl)cc3F)c(=O)n(C)c1n2C. The zero-order valence-corrected chi connectivity index (χ0v) is 15.8. The van der Waals surface area contributed by atoms with Crippen molar-refractivity contribution < 1.29 is 9.18 Å². The molecule has 0 aliphatic heterocycles. The molecule has 27 heavy (non-hydrogen) atoms. The van der Waals surface area contributed by atoms with Crippen LogP contribution in [0.4, 0.5) is 4.39 Å². The van der Waals surface area contributed by atoms with E-state index in [1.165, 1.54) is 23.6 Å². The highest BCUT2D eigenvalue weighted by molar-refractivity contribution is 6.30. The lowest BCUT2D eigenvalue weighted by Crippen LogP contribution is -2.20. The van der Waals surface area contributed by atoms with Crippen molar-refractivity contribution in [2.75, 3.05) is 0 Å². The Balaban J connectivity index is 2.22. The Morgan fingerprint density at radius 2 is 1.78 bits per heavy atom. The Hall–Kier alpha value is -2.92. The first-order valence-electron chi connectivity index (χ1n) is 8.38. The summed E-state index contributed by atoms with van der Waals surface area (Å²) in [6, 6.07) is 11.4. The predicted octanol–water partition coefficient (Wildman–Crippen LogP) is 4.69. The topological polar surface area (TPSA) is 44.0 Å². The van der Waals surface area contributed by atoms with E-state index in [1.54, 1.807) is 25.2 Å². The van der Waals surface area contributed by atoms with Crippen LogP contribution in [0.2, 0.25) is 5.02 Å². The van der Waals surface area contributed by atoms with Gasteiger partial charge in [0.05, 0.1) is 11.1 Å². The smallest absolute Gasteiger partial charge is 0.259 e. The number of aryl methyl sites for hydroxylation is 2. The standard InChI is InChI=1S/C21H16ClFN2O2/c1-11(26)13-5-4-6-18-19(13)16-10-15(14-8-7-12(22)9-17(14)23)21(27)25(3)20(16)24(18)2/h4-10H,1-3H3. The Kier molecular flexibility index (Phi) is 3.93. The van der Waals surface area contributed by atoms with E-state index in [1.807, 2.05) is 23.7 Å². The summed E-state index contributed by atoms with van der Waals surface area (Å²) in [5.74, 6) is -0.632. The maximum atomic E-state index is 14.5. The van der Waals surface area contributed by atoms with Crippen molar-refractivity contribution in [3.63, 3.8) is 0 Å². The van der Waals surface area contributed by atoms with Crippen molar-refractivity contribution in [3.05, 3.63) is 69.2 Å². The fraction of sp³-hybridized carbons (Fsp3) is 0.143. The summed E-state index contributed by atoms with van der Waals surface area (Å²) in [5, 5.41) is 1.75. The summed E-state index contributed by atoms with van der Waals surface area (Å²) in [5.41, 5.74) is 2.16. The molecule has 6 heteroatoms. The maximum absolute atomic E-state index is 14.5. The maximum Gasteiger partial charge on any atom is 0.259 e. The van der Waals surface area contributed by atoms with Gasteiger partial charge >= 0.3 is 0 Å². The van der Waals surface area contributed by atoms with Crippen LogP contribution in [0.25, 0.3) is 33.1 Å². The summed E-state index contributed by atoms with van der Waals surface area (Å²) < 4.78 is 17.8. The van der Waals surface area contributed by atoms with Crippen molar-refractivity contribution in [3.8, 4) is 11.1 Å². The summed E-state index contributed by atoms with van der Waals surface area (Å²) in [6.07, 6.45) is 0. The fourth-order valence-corrected chi connectivity index (χ4v) is 3.89. The summed E-state index contributed by atoms with van der Waals surface area (Å²) in [4.78, 5) is 25.1. The highest BCUT2D eigenvalue weighted by Crippen LogP contribution is 2.33. The van der Waals surface area contributed by atoms with Gasteiger partial charge in [0.2, 0.25) is 0 Å². The van der Waals surface area contributed by atoms with Gasteiger partial charge in [-0.1, -0.05) is 23.7 Å². The highest BCUT2D eigenvalue weighted by Gasteiger charge is 2.20. The van der Waals surface area contributed by atoms with Gasteiger partial charge in [-0.05, 0) is 37.3 Å². The van der Waals surface area contributed by atoms with E-state index in [9.17, 15) is 14.0 Å². The minimum Gasteiger partial charge on any atom is -0.330 e. The van der Waals surface area contributed by atoms with Crippen LogP contribution in [0.1, 0.15) is 17.3 Å². The number of hydrogen-bond donors (Lipinski definition) is 0. The number of benzene rings is 2. The summed E-state index contributed by atoms with van der Waals surface area (Å²) >= 11 is 5.84. The molecule has 2 heterocycles. The molecule has 0 radical (unpaired) electrons. The largest absolute Gasteiger partial charge is 0.330 e. The monoisotopic (exact) mass is 382 g/mol. The van der Waals surface area contributed by atoms with Crippen molar-refractivity contribution >= 4 is 39.3 Å². The molecule has 0 fully saturated rings. The zero-order chi connectivity index (χ0) is 19.5. The molecule has 136 valence electrons. The molecule has 0 unspecified atom stereocenters. The van der Waals surface area contributed by atoms with Crippen LogP contribution in [0, 0.1) is 5.82 Å². The van der Waals surface area contributed by atoms with E-state index < -0.39 is 5.82 Å². The number of aromatic nitrogens is 2. The molecule has 0 bridgehead atoms. The molecule has 0 amide bonds. The van der Waals surface area contributed by atoms with E-state index in [0.717, 1.165) is 16.3 Å². The van der Waals surface area contributed by atoms with Crippen LogP contribution in [0.15, 0.2) is 47.3 Å². The minimum absolute atomic E-state index is 0.0684. The number of pyridine rings is 1. The first-order chi connectivity index (χ1) is 12.8. The molecule has 0 saturated heterocycles. The fourth-order valence-electron chi connectivity index (χ4n) is 3.73. The lowest BCUT2D eigenvalue weighted by Gasteiger charge is -2.09. The Morgan fingerprint density at radius 3 is 2.44 bits per heavy atom. The van der Waals surface area contributed by atoms with Gasteiger partial charge < -0.3 is 4.57 Å². The average molecular weight is 383 g/mol. The molecular formula is C21H16ClFN2O2. The molecule has 0 saturated carbocycles. The van der Waals surface area contributed by atoms with E-state index in [4.69, 9.17) is 11.6 Å². The van der Waals surface area contributed by atoms with Crippen LogP contribution in [0.5, 0.6) is 0 Å². The van der Waals surface area contributed by atoms with E-state index in [-0.39, 0.29) is 27.5 Å². The number of nitrogens with zero attached hydrogens (tertiary/aromatic N) is 2. The molecule has 2 aromatic heterocycles. The average Bonchev–Trinajstić information content (AvgIpc) is 2.91. The zero-order valence-electron chi connectivity index (χ0n) is 15.0. The molecule has 0 aliphatic rings. The lowest BCUT2D eigenvalue weighted by molar-refractivity contribution is 0.101. The van der Waals surface area contributed by atoms with Gasteiger partial charge in [-0.2, -0.15) is 0 Å². The van der Waals surface area contributed by atoms with Crippen molar-refractivity contribution in [1.82, 2.24) is 9.13 Å². The quantitative estimate of drug-likeness (QED) is 0.472. The first-order valence-corrected chi connectivity index (χ1v) is 8.76. The van der Waals surface area contributed by atoms with Gasteiger partial charge in [-0.25, -0.2) is 4.39 Å². The number of carbonyl (C=O) groups is 1. The van der Waals surface area contributed by atoms with Crippen molar-refractivity contribution in [2.45, 2.75) is 6.92 Å². The predicted molar refractivity (Wildman–Crippen MR) is 106 cm³/mol. The second-order valence-corrected chi connectivity index (χ2v) is 7.03. The van der Waals surface area contributed by atoms with Crippen LogP contribution in [0.3, 0.4) is 0 Å². The summed E-state index contributed by atoms with van der Waals surface area (Å²) in [6.45, 7) is 1.51. The Morgan fingerprint density at radius 1 is 1.04 bits per heavy atom. The van der Waals surface area contributed by atoms with Gasteiger partial charge in [-0.3, -0.25) is 14.2 Å². The number of Topliss-reactive ketones (excluding diaryl/α,β-unsaturated/α-hetero) is 1. The van der Waals surface area contributed by atoms with Gasteiger partial charge in [0.1, 0.15) is 11.5 Å². The Bertz CT molecular complexity index is 1320. The molecule has 4 aromatic rings. The molecule has 0 N–H and O–H groups in total. The number of carbonyl (C=O) groups excluding carboxylic acids is 1. The van der Waals surface area contributed by atoms with Crippen molar-refractivity contribution in [1.29, 1.82) is 0 Å². The lowest BCUT2D eigenvalue weighted by atomic mass is 10.0. The summed E-state index contributed by atoms with van der Waals surface area (Å²) in [7, 11) is 3.49. The van der Waals surface area contributed by atoms with Gasteiger partial charge in [0, 0.05) is 41.0 Å². The molecule has 4 rings (SSSR count). The second-order valence-electron chi connectivity index (χ2n) is 6.60. The minimum atomic E-state index is -0.564. The van der Waals surface area contributed by atoms with E-state index >= 15 is 0 Å². The molecule has 0 atom stereocenters. The van der Waals surface area contributed by atoms with Crippen LogP contribution >= 0.6 is 11.6 Å². The number of halogens is 2. The number of rotatable bonds is 2. The van der Waals surface area contributed by atoms with Crippen LogP contribution < -0.4 is 5.56 Å². The van der Waals surface area contributed by atoms with E-state index in [0.29, 0.717) is 11.2 Å². The first kappa shape index (κ1) is 17.5. The molecule has 0 aliphatic carbocycles. The molecule has 0 spiro atoms. The normalized spacial score (nSPS) is 11.4. The third kappa shape index (κ3) is 2.50.